The Morgan fingerprint density at radius 3 is 2.19 bits per heavy atom. The smallest absolute Gasteiger partial charge is 0.211 e. The summed E-state index contributed by atoms with van der Waals surface area (Å²) in [6.45, 7) is 2.56. The van der Waals surface area contributed by atoms with Crippen molar-refractivity contribution in [1.29, 1.82) is 0 Å². The maximum absolute atomic E-state index is 14.3. The van der Waals surface area contributed by atoms with Crippen molar-refractivity contribution in [2.24, 2.45) is 10.1 Å². The Morgan fingerprint density at radius 1 is 0.806 bits per heavy atom. The predicted octanol–water partition coefficient (Wildman–Crippen LogP) is 7.54. The highest BCUT2D eigenvalue weighted by molar-refractivity contribution is 7.07. The molecule has 0 spiro atoms. The molecule has 0 bridgehead atoms. The van der Waals surface area contributed by atoms with E-state index in [1.165, 1.54) is 23.6 Å². The summed E-state index contributed by atoms with van der Waals surface area (Å²) in [4.78, 5) is 5.48. The molecule has 5 rings (SSSR count). The van der Waals surface area contributed by atoms with Crippen LogP contribution in [0.15, 0.2) is 119 Å². The van der Waals surface area contributed by atoms with Crippen LogP contribution in [-0.2, 0) is 0 Å². The number of thiazole rings is 1. The molecule has 0 aliphatic rings. The molecule has 0 saturated heterocycles. The first-order valence-electron chi connectivity index (χ1n) is 11.6. The second kappa shape index (κ2) is 11.0. The standard InChI is InChI=1S/C30H24FN3OS/c1-2-35-27-18-16-26(17-19-27)33-30-34(32-20-25-10-6-7-11-28(25)31)29(21-36-30)24-14-12-23(13-15-24)22-8-4-3-5-9-22/h3-21H,2H2,1H3. The molecule has 0 amide bonds. The third kappa shape index (κ3) is 5.34. The van der Waals surface area contributed by atoms with Crippen LogP contribution in [0.1, 0.15) is 12.5 Å². The van der Waals surface area contributed by atoms with E-state index < -0.39 is 0 Å². The number of rotatable bonds is 7. The monoisotopic (exact) mass is 493 g/mol. The molecule has 0 aliphatic carbocycles. The second-order valence-corrected chi connectivity index (χ2v) is 8.80. The van der Waals surface area contributed by atoms with Crippen molar-refractivity contribution >= 4 is 23.2 Å². The van der Waals surface area contributed by atoms with Crippen molar-refractivity contribution in [1.82, 2.24) is 4.68 Å². The Labute approximate surface area is 213 Å². The first-order valence-corrected chi connectivity index (χ1v) is 12.5. The second-order valence-electron chi connectivity index (χ2n) is 7.96. The van der Waals surface area contributed by atoms with E-state index in [1.807, 2.05) is 54.8 Å². The Balaban J connectivity index is 1.56. The van der Waals surface area contributed by atoms with Gasteiger partial charge in [0.15, 0.2) is 0 Å². The molecule has 6 heteroatoms. The van der Waals surface area contributed by atoms with Gasteiger partial charge in [0.25, 0.3) is 0 Å². The van der Waals surface area contributed by atoms with Crippen molar-refractivity contribution in [3.05, 3.63) is 125 Å². The average Bonchev–Trinajstić information content (AvgIpc) is 3.32. The molecule has 0 unspecified atom stereocenters. The Morgan fingerprint density at radius 2 is 1.47 bits per heavy atom. The molecule has 36 heavy (non-hydrogen) atoms. The highest BCUT2D eigenvalue weighted by Gasteiger charge is 2.09. The largest absolute Gasteiger partial charge is 0.494 e. The van der Waals surface area contributed by atoms with Gasteiger partial charge in [-0.3, -0.25) is 0 Å². The quantitative estimate of drug-likeness (QED) is 0.216. The molecule has 4 nitrogen and oxygen atoms in total. The molecule has 0 N–H and O–H groups in total. The summed E-state index contributed by atoms with van der Waals surface area (Å²) in [5.74, 6) is 0.475. The summed E-state index contributed by atoms with van der Waals surface area (Å²) >= 11 is 1.48. The van der Waals surface area contributed by atoms with Gasteiger partial charge >= 0.3 is 0 Å². The van der Waals surface area contributed by atoms with E-state index in [-0.39, 0.29) is 5.82 Å². The molecule has 0 saturated carbocycles. The van der Waals surface area contributed by atoms with Gasteiger partial charge < -0.3 is 4.74 Å². The highest BCUT2D eigenvalue weighted by Crippen LogP contribution is 2.26. The summed E-state index contributed by atoms with van der Waals surface area (Å²) in [6.07, 6.45) is 1.53. The number of halogens is 1. The molecule has 5 aromatic rings. The van der Waals surface area contributed by atoms with Gasteiger partial charge in [-0.1, -0.05) is 72.8 Å². The van der Waals surface area contributed by atoms with Crippen LogP contribution in [0.2, 0.25) is 0 Å². The molecule has 1 aromatic heterocycles. The fourth-order valence-electron chi connectivity index (χ4n) is 3.74. The van der Waals surface area contributed by atoms with Gasteiger partial charge in [-0.15, -0.1) is 11.3 Å². The van der Waals surface area contributed by atoms with Crippen LogP contribution in [0.25, 0.3) is 22.4 Å². The molecule has 0 atom stereocenters. The van der Waals surface area contributed by atoms with Crippen LogP contribution in [0.5, 0.6) is 5.75 Å². The maximum Gasteiger partial charge on any atom is 0.211 e. The summed E-state index contributed by atoms with van der Waals surface area (Å²) in [6, 6.07) is 32.8. The molecule has 178 valence electrons. The molecule has 0 radical (unpaired) electrons. The van der Waals surface area contributed by atoms with Crippen molar-refractivity contribution in [3.8, 4) is 28.1 Å². The summed E-state index contributed by atoms with van der Waals surface area (Å²) in [5.41, 5.74) is 5.35. The zero-order chi connectivity index (χ0) is 24.7. The van der Waals surface area contributed by atoms with Crippen LogP contribution in [-0.4, -0.2) is 17.5 Å². The third-order valence-electron chi connectivity index (χ3n) is 5.56. The Hall–Kier alpha value is -4.29. The zero-order valence-corrected chi connectivity index (χ0v) is 20.5. The number of benzene rings is 4. The van der Waals surface area contributed by atoms with Gasteiger partial charge in [-0.25, -0.2) is 14.1 Å². The van der Waals surface area contributed by atoms with Crippen LogP contribution in [0.4, 0.5) is 10.1 Å². The van der Waals surface area contributed by atoms with Gasteiger partial charge in [0, 0.05) is 16.5 Å². The molecular formula is C30H24FN3OS. The topological polar surface area (TPSA) is 38.9 Å². The lowest BCUT2D eigenvalue weighted by molar-refractivity contribution is 0.340. The van der Waals surface area contributed by atoms with Gasteiger partial charge in [0.1, 0.15) is 11.6 Å². The minimum absolute atomic E-state index is 0.323. The third-order valence-corrected chi connectivity index (χ3v) is 6.38. The fraction of sp³-hybridized carbons (Fsp3) is 0.0667. The van der Waals surface area contributed by atoms with E-state index in [2.05, 4.69) is 41.5 Å². The molecule has 1 heterocycles. The first kappa shape index (κ1) is 23.5. The summed E-state index contributed by atoms with van der Waals surface area (Å²) in [7, 11) is 0. The molecule has 4 aromatic carbocycles. The van der Waals surface area contributed by atoms with Crippen LogP contribution in [0.3, 0.4) is 0 Å². The SMILES string of the molecule is CCOc1ccc(N=c2scc(-c3ccc(-c4ccccc4)cc3)n2N=Cc2ccccc2F)cc1. The van der Waals surface area contributed by atoms with Gasteiger partial charge in [-0.05, 0) is 48.4 Å². The van der Waals surface area contributed by atoms with E-state index in [4.69, 9.17) is 9.73 Å². The van der Waals surface area contributed by atoms with Crippen molar-refractivity contribution < 1.29 is 9.13 Å². The zero-order valence-electron chi connectivity index (χ0n) is 19.7. The van der Waals surface area contributed by atoms with E-state index >= 15 is 0 Å². The minimum atomic E-state index is -0.323. The van der Waals surface area contributed by atoms with Gasteiger partial charge in [-0.2, -0.15) is 5.10 Å². The van der Waals surface area contributed by atoms with Crippen molar-refractivity contribution in [3.63, 3.8) is 0 Å². The van der Waals surface area contributed by atoms with Crippen molar-refractivity contribution in [2.75, 3.05) is 6.61 Å². The Kier molecular flexibility index (Phi) is 7.15. The predicted molar refractivity (Wildman–Crippen MR) is 145 cm³/mol. The summed E-state index contributed by atoms with van der Waals surface area (Å²) < 4.78 is 21.6. The lowest BCUT2D eigenvalue weighted by Gasteiger charge is -2.06. The minimum Gasteiger partial charge on any atom is -0.494 e. The van der Waals surface area contributed by atoms with E-state index in [0.29, 0.717) is 17.0 Å². The molecular weight excluding hydrogens is 469 g/mol. The number of aromatic nitrogens is 1. The van der Waals surface area contributed by atoms with Crippen LogP contribution in [0, 0.1) is 5.82 Å². The van der Waals surface area contributed by atoms with E-state index in [9.17, 15) is 4.39 Å². The van der Waals surface area contributed by atoms with Crippen LogP contribution < -0.4 is 9.54 Å². The maximum atomic E-state index is 14.3. The summed E-state index contributed by atoms with van der Waals surface area (Å²) in [5, 5.41) is 6.66. The number of nitrogens with zero attached hydrogens (tertiary/aromatic N) is 3. The highest BCUT2D eigenvalue weighted by atomic mass is 32.1. The van der Waals surface area contributed by atoms with E-state index in [0.717, 1.165) is 33.8 Å². The van der Waals surface area contributed by atoms with Crippen LogP contribution >= 0.6 is 11.3 Å². The number of ether oxygens (including phenoxy) is 1. The van der Waals surface area contributed by atoms with Gasteiger partial charge in [0.2, 0.25) is 4.80 Å². The van der Waals surface area contributed by atoms with E-state index in [1.54, 1.807) is 22.9 Å². The first-order chi connectivity index (χ1) is 17.7. The number of hydrogen-bond acceptors (Lipinski definition) is 4. The molecule has 0 aliphatic heterocycles. The Bertz CT molecular complexity index is 1540. The average molecular weight is 494 g/mol. The fourth-order valence-corrected chi connectivity index (χ4v) is 4.60. The lowest BCUT2D eigenvalue weighted by atomic mass is 10.0. The number of hydrogen-bond donors (Lipinski definition) is 0. The normalized spacial score (nSPS) is 11.8. The van der Waals surface area contributed by atoms with Crippen molar-refractivity contribution in [2.45, 2.75) is 6.92 Å². The molecule has 0 fully saturated rings. The lowest BCUT2D eigenvalue weighted by Crippen LogP contribution is -2.11. The van der Waals surface area contributed by atoms with Gasteiger partial charge in [0.05, 0.1) is 24.2 Å².